The maximum atomic E-state index is 13.5. The summed E-state index contributed by atoms with van der Waals surface area (Å²) in [5, 5.41) is 5.37. The van der Waals surface area contributed by atoms with Crippen LogP contribution in [0.2, 0.25) is 0 Å². The lowest BCUT2D eigenvalue weighted by atomic mass is 9.98. The summed E-state index contributed by atoms with van der Waals surface area (Å²) in [4.78, 5) is 70.5. The lowest BCUT2D eigenvalue weighted by molar-refractivity contribution is -0.136. The predicted octanol–water partition coefficient (Wildman–Crippen LogP) is 7.96. The van der Waals surface area contributed by atoms with Crippen LogP contribution in [0.15, 0.2) is 85.2 Å². The second-order valence-corrected chi connectivity index (χ2v) is 15.8. The molecule has 0 saturated carbocycles. The number of H-pyrrole nitrogens is 2. The molecule has 1 aliphatic heterocycles. The minimum absolute atomic E-state index is 0.103. The third kappa shape index (κ3) is 10.0. The van der Waals surface area contributed by atoms with Crippen LogP contribution in [-0.4, -0.2) is 93.1 Å². The molecule has 5 aromatic rings. The molecule has 4 N–H and O–H groups in total. The Morgan fingerprint density at radius 2 is 1.18 bits per heavy atom. The Balaban J connectivity index is 1.08. The van der Waals surface area contributed by atoms with E-state index in [9.17, 15) is 19.2 Å². The quantitative estimate of drug-likeness (QED) is 0.0823. The van der Waals surface area contributed by atoms with Crippen LogP contribution in [0.5, 0.6) is 0 Å². The van der Waals surface area contributed by atoms with Gasteiger partial charge in [0, 0.05) is 13.1 Å². The topological polar surface area (TPSA) is 175 Å². The molecule has 14 heteroatoms. The predicted molar refractivity (Wildman–Crippen MR) is 230 cm³/mol. The fraction of sp³-hybridized carbons (Fsp3) is 0.391. The molecule has 14 nitrogen and oxygen atoms in total. The normalized spacial score (nSPS) is 14.8. The summed E-state index contributed by atoms with van der Waals surface area (Å²) >= 11 is 0. The maximum absolute atomic E-state index is 13.5. The van der Waals surface area contributed by atoms with E-state index in [0.717, 1.165) is 69.9 Å². The molecule has 0 bridgehead atoms. The molecule has 1 fully saturated rings. The van der Waals surface area contributed by atoms with E-state index < -0.39 is 24.3 Å². The first-order valence-corrected chi connectivity index (χ1v) is 20.6. The third-order valence-electron chi connectivity index (χ3n) is 10.9. The van der Waals surface area contributed by atoms with Gasteiger partial charge < -0.3 is 39.9 Å². The molecule has 3 aromatic carbocycles. The van der Waals surface area contributed by atoms with Crippen molar-refractivity contribution in [3.05, 3.63) is 96.8 Å². The van der Waals surface area contributed by atoms with E-state index >= 15 is 0 Å². The molecule has 2 aromatic heterocycles. The second-order valence-electron chi connectivity index (χ2n) is 15.8. The van der Waals surface area contributed by atoms with Gasteiger partial charge in [0.05, 0.1) is 50.6 Å². The van der Waals surface area contributed by atoms with Crippen LogP contribution >= 0.6 is 0 Å². The van der Waals surface area contributed by atoms with E-state index in [2.05, 4.69) is 103 Å². The average Bonchev–Trinajstić information content (AvgIpc) is 4.06. The molecule has 316 valence electrons. The van der Waals surface area contributed by atoms with E-state index in [4.69, 9.17) is 9.47 Å². The number of alkyl carbamates (subject to hydrolysis) is 2. The summed E-state index contributed by atoms with van der Waals surface area (Å²) < 4.78 is 9.50. The molecular weight excluding hydrogens is 761 g/mol. The monoisotopic (exact) mass is 816 g/mol. The number of rotatable bonds is 15. The molecule has 4 amide bonds. The lowest BCUT2D eigenvalue weighted by Gasteiger charge is -2.30. The van der Waals surface area contributed by atoms with Crippen molar-refractivity contribution in [1.29, 1.82) is 0 Å². The van der Waals surface area contributed by atoms with Crippen molar-refractivity contribution in [2.24, 2.45) is 11.8 Å². The highest BCUT2D eigenvalue weighted by atomic mass is 16.5. The van der Waals surface area contributed by atoms with Gasteiger partial charge >= 0.3 is 12.2 Å². The number of imidazole rings is 2. The Bertz CT molecular complexity index is 2230. The molecule has 0 unspecified atom stereocenters. The summed E-state index contributed by atoms with van der Waals surface area (Å²) in [7, 11) is 2.57. The number of carbonyl (C=O) groups excluding carboxylic acids is 4. The van der Waals surface area contributed by atoms with Crippen molar-refractivity contribution in [1.82, 2.24) is 40.4 Å². The van der Waals surface area contributed by atoms with Gasteiger partial charge in [0.25, 0.3) is 0 Å². The summed E-state index contributed by atoms with van der Waals surface area (Å²) in [5.41, 5.74) is 8.02. The number of benzene rings is 3. The van der Waals surface area contributed by atoms with E-state index in [1.54, 1.807) is 11.1 Å². The number of aromatic amines is 2. The molecule has 1 saturated heterocycles. The molecule has 0 spiro atoms. The van der Waals surface area contributed by atoms with Gasteiger partial charge in [-0.2, -0.15) is 0 Å². The van der Waals surface area contributed by atoms with Gasteiger partial charge in [-0.25, -0.2) is 19.6 Å². The Labute approximate surface area is 351 Å². The zero-order valence-corrected chi connectivity index (χ0v) is 35.5. The molecule has 60 heavy (non-hydrogen) atoms. The van der Waals surface area contributed by atoms with Crippen molar-refractivity contribution < 1.29 is 28.7 Å². The van der Waals surface area contributed by atoms with Crippen LogP contribution in [0.25, 0.3) is 44.8 Å². The number of carbonyl (C=O) groups is 4. The van der Waals surface area contributed by atoms with Gasteiger partial charge in [-0.3, -0.25) is 9.59 Å². The first kappa shape index (κ1) is 43.1. The largest absolute Gasteiger partial charge is 0.453 e. The van der Waals surface area contributed by atoms with Crippen molar-refractivity contribution >= 4 is 24.0 Å². The fourth-order valence-electron chi connectivity index (χ4n) is 7.59. The van der Waals surface area contributed by atoms with Crippen molar-refractivity contribution in [2.75, 3.05) is 27.3 Å². The number of nitrogens with zero attached hydrogens (tertiary/aromatic N) is 4. The molecule has 0 aliphatic carbocycles. The van der Waals surface area contributed by atoms with E-state index in [0.29, 0.717) is 18.9 Å². The molecule has 1 aliphatic rings. The Morgan fingerprint density at radius 3 is 1.67 bits per heavy atom. The standard InChI is InChI=1S/C46H56N8O6/c1-8-23-53(43(55)40(28(2)3)51-45(57)59-6)27-39-47-25-36(49-39)34-19-15-32(16-20-34)30-11-13-31(14-12-30)33-17-21-35(22-18-33)37-26-48-42(50-37)38-10-9-24-54(38)44(56)41(29(4)5)52-46(58)60-7/h11-22,25-26,28-29,38,40-41H,8-10,23-24,27H2,1-7H3,(H,47,49)(H,48,50)(H,51,57)(H,52,58)/t38-,40-,41-/m0/s1. The number of amides is 4. The summed E-state index contributed by atoms with van der Waals surface area (Å²) in [6.07, 6.45) is 4.73. The highest BCUT2D eigenvalue weighted by Gasteiger charge is 2.37. The van der Waals surface area contributed by atoms with E-state index in [1.165, 1.54) is 14.2 Å². The number of hydrogen-bond acceptors (Lipinski definition) is 8. The van der Waals surface area contributed by atoms with Crippen molar-refractivity contribution in [3.8, 4) is 44.8 Å². The van der Waals surface area contributed by atoms with E-state index in [-0.39, 0.29) is 36.2 Å². The molecule has 0 radical (unpaired) electrons. The fourth-order valence-corrected chi connectivity index (χ4v) is 7.59. The number of likely N-dealkylation sites (tertiary alicyclic amines) is 1. The van der Waals surface area contributed by atoms with Crippen LogP contribution in [0.4, 0.5) is 9.59 Å². The first-order valence-electron chi connectivity index (χ1n) is 20.6. The van der Waals surface area contributed by atoms with Gasteiger partial charge in [0.2, 0.25) is 11.8 Å². The van der Waals surface area contributed by atoms with Crippen molar-refractivity contribution in [3.63, 3.8) is 0 Å². The number of ether oxygens (including phenoxy) is 2. The smallest absolute Gasteiger partial charge is 0.407 e. The Morgan fingerprint density at radius 1 is 0.717 bits per heavy atom. The average molecular weight is 817 g/mol. The molecule has 3 heterocycles. The summed E-state index contributed by atoms with van der Waals surface area (Å²) in [5.74, 6) is 0.853. The van der Waals surface area contributed by atoms with Gasteiger partial charge in [-0.05, 0) is 64.5 Å². The number of hydrogen-bond donors (Lipinski definition) is 4. The van der Waals surface area contributed by atoms with Crippen LogP contribution in [-0.2, 0) is 25.6 Å². The zero-order valence-electron chi connectivity index (χ0n) is 35.5. The third-order valence-corrected chi connectivity index (χ3v) is 10.9. The zero-order chi connectivity index (χ0) is 42.9. The number of nitrogens with one attached hydrogen (secondary N) is 4. The highest BCUT2D eigenvalue weighted by Crippen LogP contribution is 2.34. The van der Waals surface area contributed by atoms with Gasteiger partial charge in [0.15, 0.2) is 0 Å². The van der Waals surface area contributed by atoms with Crippen LogP contribution in [0.1, 0.15) is 71.6 Å². The van der Waals surface area contributed by atoms with Crippen LogP contribution in [0, 0.1) is 11.8 Å². The Kier molecular flexibility index (Phi) is 14.1. The van der Waals surface area contributed by atoms with E-state index in [1.807, 2.05) is 45.7 Å². The summed E-state index contributed by atoms with van der Waals surface area (Å²) in [6.45, 7) is 11.0. The minimum Gasteiger partial charge on any atom is -0.453 e. The highest BCUT2D eigenvalue weighted by molar-refractivity contribution is 5.87. The molecule has 3 atom stereocenters. The lowest BCUT2D eigenvalue weighted by Crippen LogP contribution is -2.51. The van der Waals surface area contributed by atoms with Crippen LogP contribution in [0.3, 0.4) is 0 Å². The second kappa shape index (κ2) is 19.5. The maximum Gasteiger partial charge on any atom is 0.407 e. The van der Waals surface area contributed by atoms with Crippen molar-refractivity contribution in [2.45, 2.75) is 78.6 Å². The first-order chi connectivity index (χ1) is 28.9. The van der Waals surface area contributed by atoms with Gasteiger partial charge in [-0.15, -0.1) is 0 Å². The van der Waals surface area contributed by atoms with Gasteiger partial charge in [-0.1, -0.05) is 107 Å². The molecule has 6 rings (SSSR count). The summed E-state index contributed by atoms with van der Waals surface area (Å²) in [6, 6.07) is 23.5. The molecular formula is C46H56N8O6. The SMILES string of the molecule is CCCN(Cc1ncc(-c2ccc(-c3ccc(-c4ccc(-c5cnc([C@@H]6CCCN6C(=O)[C@@H](NC(=O)OC)C(C)C)[nH]5)cc4)cc3)cc2)[nH]1)C(=O)[C@@H](NC(=O)OC)C(C)C. The van der Waals surface area contributed by atoms with Gasteiger partial charge in [0.1, 0.15) is 23.7 Å². The minimum atomic E-state index is -0.706. The van der Waals surface area contributed by atoms with Crippen LogP contribution < -0.4 is 10.6 Å². The Hall–Kier alpha value is -6.44. The number of aromatic nitrogens is 4. The number of methoxy groups -OCH3 is 2.